The van der Waals surface area contributed by atoms with Crippen molar-refractivity contribution in [2.75, 3.05) is 32.9 Å². The first-order valence-corrected chi connectivity index (χ1v) is 9.42. The van der Waals surface area contributed by atoms with Crippen LogP contribution in [0, 0.1) is 0 Å². The van der Waals surface area contributed by atoms with Gasteiger partial charge in [-0.15, -0.1) is 0 Å². The lowest BCUT2D eigenvalue weighted by Crippen LogP contribution is -2.51. The van der Waals surface area contributed by atoms with Crippen LogP contribution in [-0.4, -0.2) is 62.4 Å². The zero-order chi connectivity index (χ0) is 20.5. The van der Waals surface area contributed by atoms with Gasteiger partial charge in [-0.25, -0.2) is 0 Å². The summed E-state index contributed by atoms with van der Waals surface area (Å²) in [6.45, 7) is 6.29. The Morgan fingerprint density at radius 3 is 2.64 bits per heavy atom. The van der Waals surface area contributed by atoms with E-state index in [2.05, 4.69) is 21.9 Å². The number of halogens is 2. The SMILES string of the molecule is CCOc1cc(/C=C/C(=O)NC(C)C(C)N2CCOCC2)ccc1OC(F)F. The lowest BCUT2D eigenvalue weighted by Gasteiger charge is -2.35. The molecule has 0 saturated carbocycles. The summed E-state index contributed by atoms with van der Waals surface area (Å²) in [5.41, 5.74) is 0.647. The highest BCUT2D eigenvalue weighted by atomic mass is 19.3. The molecule has 156 valence electrons. The molecule has 0 radical (unpaired) electrons. The van der Waals surface area contributed by atoms with Crippen LogP contribution in [0.1, 0.15) is 26.3 Å². The van der Waals surface area contributed by atoms with Gasteiger partial charge in [0.2, 0.25) is 5.91 Å². The normalized spacial score (nSPS) is 17.5. The highest BCUT2D eigenvalue weighted by Crippen LogP contribution is 2.30. The van der Waals surface area contributed by atoms with Crippen LogP contribution in [0.15, 0.2) is 24.3 Å². The molecular weight excluding hydrogens is 370 g/mol. The first-order valence-electron chi connectivity index (χ1n) is 9.42. The quantitative estimate of drug-likeness (QED) is 0.648. The number of carbonyl (C=O) groups is 1. The summed E-state index contributed by atoms with van der Waals surface area (Å²) in [7, 11) is 0. The van der Waals surface area contributed by atoms with Crippen molar-refractivity contribution in [3.63, 3.8) is 0 Å². The van der Waals surface area contributed by atoms with E-state index in [-0.39, 0.29) is 29.5 Å². The Labute approximate surface area is 164 Å². The molecular formula is C20H28F2N2O4. The van der Waals surface area contributed by atoms with E-state index in [0.29, 0.717) is 25.4 Å². The number of morpholine rings is 1. The van der Waals surface area contributed by atoms with E-state index in [1.165, 1.54) is 12.1 Å². The third kappa shape index (κ3) is 6.76. The second-order valence-corrected chi connectivity index (χ2v) is 6.54. The van der Waals surface area contributed by atoms with Crippen molar-refractivity contribution in [3.8, 4) is 11.5 Å². The van der Waals surface area contributed by atoms with E-state index in [9.17, 15) is 13.6 Å². The van der Waals surface area contributed by atoms with Gasteiger partial charge in [0.25, 0.3) is 0 Å². The molecule has 1 aliphatic heterocycles. The molecule has 28 heavy (non-hydrogen) atoms. The van der Waals surface area contributed by atoms with Gasteiger partial charge in [0, 0.05) is 31.2 Å². The van der Waals surface area contributed by atoms with Gasteiger partial charge in [0.05, 0.1) is 19.8 Å². The molecule has 2 unspecified atom stereocenters. The highest BCUT2D eigenvalue weighted by molar-refractivity contribution is 5.92. The first-order chi connectivity index (χ1) is 13.4. The van der Waals surface area contributed by atoms with Crippen molar-refractivity contribution < 1.29 is 27.8 Å². The lowest BCUT2D eigenvalue weighted by atomic mass is 10.1. The maximum Gasteiger partial charge on any atom is 0.387 e. The molecule has 1 aromatic rings. The van der Waals surface area contributed by atoms with E-state index >= 15 is 0 Å². The molecule has 1 amide bonds. The fourth-order valence-corrected chi connectivity index (χ4v) is 2.96. The van der Waals surface area contributed by atoms with Crippen LogP contribution in [0.4, 0.5) is 8.78 Å². The van der Waals surface area contributed by atoms with Crippen LogP contribution in [0.5, 0.6) is 11.5 Å². The van der Waals surface area contributed by atoms with Crippen LogP contribution in [0.2, 0.25) is 0 Å². The number of hydrogen-bond acceptors (Lipinski definition) is 5. The molecule has 8 heteroatoms. The molecule has 1 N–H and O–H groups in total. The summed E-state index contributed by atoms with van der Waals surface area (Å²) in [4.78, 5) is 14.5. The van der Waals surface area contributed by atoms with E-state index in [4.69, 9.17) is 9.47 Å². The molecule has 0 bridgehead atoms. The predicted molar refractivity (Wildman–Crippen MR) is 103 cm³/mol. The summed E-state index contributed by atoms with van der Waals surface area (Å²) in [5, 5.41) is 2.96. The molecule has 6 nitrogen and oxygen atoms in total. The second-order valence-electron chi connectivity index (χ2n) is 6.54. The van der Waals surface area contributed by atoms with Gasteiger partial charge < -0.3 is 19.5 Å². The molecule has 1 aromatic carbocycles. The van der Waals surface area contributed by atoms with Crippen molar-refractivity contribution in [1.82, 2.24) is 10.2 Å². The van der Waals surface area contributed by atoms with Gasteiger partial charge in [0.15, 0.2) is 11.5 Å². The molecule has 1 fully saturated rings. The molecule has 1 aliphatic rings. The standard InChI is InChI=1S/C20H28F2N2O4/c1-4-27-18-13-16(5-7-17(18)28-20(21)22)6-8-19(25)23-14(2)15(3)24-9-11-26-12-10-24/h5-8,13-15,20H,4,9-12H2,1-3H3,(H,23,25)/b8-6+. The second kappa shape index (κ2) is 11.0. The van der Waals surface area contributed by atoms with Gasteiger partial charge in [-0.2, -0.15) is 8.78 Å². The summed E-state index contributed by atoms with van der Waals surface area (Å²) in [6.07, 6.45) is 3.03. The van der Waals surface area contributed by atoms with Gasteiger partial charge in [-0.3, -0.25) is 9.69 Å². The van der Waals surface area contributed by atoms with Crippen molar-refractivity contribution in [2.45, 2.75) is 39.5 Å². The van der Waals surface area contributed by atoms with Gasteiger partial charge >= 0.3 is 6.61 Å². The average Bonchev–Trinajstić information content (AvgIpc) is 2.68. The Bertz CT molecular complexity index is 664. The van der Waals surface area contributed by atoms with Crippen LogP contribution in [0.3, 0.4) is 0 Å². The zero-order valence-electron chi connectivity index (χ0n) is 16.5. The molecule has 1 saturated heterocycles. The molecule has 1 heterocycles. The van der Waals surface area contributed by atoms with E-state index in [1.54, 1.807) is 25.1 Å². The average molecular weight is 398 g/mol. The number of nitrogens with one attached hydrogen (secondary N) is 1. The van der Waals surface area contributed by atoms with Gasteiger partial charge in [-0.1, -0.05) is 6.07 Å². The smallest absolute Gasteiger partial charge is 0.387 e. The highest BCUT2D eigenvalue weighted by Gasteiger charge is 2.22. The molecule has 0 aliphatic carbocycles. The molecule has 2 rings (SSSR count). The summed E-state index contributed by atoms with van der Waals surface area (Å²) in [5.74, 6) is -0.0513. The predicted octanol–water partition coefficient (Wildman–Crippen LogP) is 2.93. The largest absolute Gasteiger partial charge is 0.490 e. The number of ether oxygens (including phenoxy) is 3. The van der Waals surface area contributed by atoms with Gasteiger partial charge in [0.1, 0.15) is 0 Å². The van der Waals surface area contributed by atoms with E-state index in [1.807, 2.05) is 6.92 Å². The van der Waals surface area contributed by atoms with Crippen LogP contribution >= 0.6 is 0 Å². The van der Waals surface area contributed by atoms with Crippen LogP contribution in [0.25, 0.3) is 6.08 Å². The Morgan fingerprint density at radius 2 is 2.00 bits per heavy atom. The maximum atomic E-state index is 12.5. The minimum absolute atomic E-state index is 0.0314. The minimum atomic E-state index is -2.93. The molecule has 2 atom stereocenters. The first kappa shape index (κ1) is 22.1. The number of rotatable bonds is 9. The Hall–Kier alpha value is -2.19. The third-order valence-corrected chi connectivity index (χ3v) is 4.63. The topological polar surface area (TPSA) is 60.0 Å². The fraction of sp³-hybridized carbons (Fsp3) is 0.550. The number of benzene rings is 1. The fourth-order valence-electron chi connectivity index (χ4n) is 2.96. The van der Waals surface area contributed by atoms with E-state index in [0.717, 1.165) is 13.1 Å². The van der Waals surface area contributed by atoms with Crippen molar-refractivity contribution in [1.29, 1.82) is 0 Å². The van der Waals surface area contributed by atoms with Crippen LogP contribution < -0.4 is 14.8 Å². The Kier molecular flexibility index (Phi) is 8.66. The van der Waals surface area contributed by atoms with E-state index < -0.39 is 6.61 Å². The van der Waals surface area contributed by atoms with Gasteiger partial charge in [-0.05, 0) is 44.5 Å². The molecule has 0 spiro atoms. The number of nitrogens with zero attached hydrogens (tertiary/aromatic N) is 1. The third-order valence-electron chi connectivity index (χ3n) is 4.63. The lowest BCUT2D eigenvalue weighted by molar-refractivity contribution is -0.117. The number of amides is 1. The van der Waals surface area contributed by atoms with Crippen molar-refractivity contribution in [3.05, 3.63) is 29.8 Å². The summed E-state index contributed by atoms with van der Waals surface area (Å²) in [6, 6.07) is 4.71. The Balaban J connectivity index is 1.95. The number of carbonyl (C=O) groups excluding carboxylic acids is 1. The van der Waals surface area contributed by atoms with Crippen molar-refractivity contribution >= 4 is 12.0 Å². The Morgan fingerprint density at radius 1 is 1.29 bits per heavy atom. The summed E-state index contributed by atoms with van der Waals surface area (Å²) < 4.78 is 40.1. The van der Waals surface area contributed by atoms with Crippen molar-refractivity contribution in [2.24, 2.45) is 0 Å². The molecule has 0 aromatic heterocycles. The van der Waals surface area contributed by atoms with Crippen LogP contribution in [-0.2, 0) is 9.53 Å². The number of hydrogen-bond donors (Lipinski definition) is 1. The monoisotopic (exact) mass is 398 g/mol. The maximum absolute atomic E-state index is 12.5. The number of alkyl halides is 2. The minimum Gasteiger partial charge on any atom is -0.490 e. The zero-order valence-corrected chi connectivity index (χ0v) is 16.5. The summed E-state index contributed by atoms with van der Waals surface area (Å²) >= 11 is 0.